The van der Waals surface area contributed by atoms with Crippen molar-refractivity contribution in [1.82, 2.24) is 10.2 Å². The zero-order chi connectivity index (χ0) is 27.5. The monoisotopic (exact) mass is 523 g/mol. The summed E-state index contributed by atoms with van der Waals surface area (Å²) in [5, 5.41) is 14.0. The van der Waals surface area contributed by atoms with Crippen molar-refractivity contribution in [3.63, 3.8) is 0 Å². The fraction of sp³-hybridized carbons (Fsp3) is 0.286. The number of carbonyl (C=O) groups is 2. The Balaban J connectivity index is 1.89. The van der Waals surface area contributed by atoms with E-state index in [0.717, 1.165) is 12.0 Å². The summed E-state index contributed by atoms with van der Waals surface area (Å²) in [7, 11) is 1.30. The molecule has 10 heteroatoms. The maximum atomic E-state index is 13.5. The summed E-state index contributed by atoms with van der Waals surface area (Å²) in [6, 6.07) is 18.1. The van der Waals surface area contributed by atoms with Crippen molar-refractivity contribution in [2.45, 2.75) is 32.4 Å². The number of nitro benzene ring substituents is 1. The minimum atomic E-state index is -0.864. The van der Waals surface area contributed by atoms with Crippen LogP contribution in [0.3, 0.4) is 0 Å². The van der Waals surface area contributed by atoms with Gasteiger partial charge in [0.05, 0.1) is 12.0 Å². The van der Waals surface area contributed by atoms with Crippen LogP contribution in [-0.2, 0) is 22.6 Å². The van der Waals surface area contributed by atoms with E-state index in [1.54, 1.807) is 12.1 Å². The maximum absolute atomic E-state index is 13.5. The molecule has 1 N–H and O–H groups in total. The van der Waals surface area contributed by atoms with E-state index in [1.807, 2.05) is 37.3 Å². The smallest absolute Gasteiger partial charge is 0.311 e. The number of halogens is 1. The lowest BCUT2D eigenvalue weighted by molar-refractivity contribution is -0.385. The number of nitrogens with one attached hydrogen (secondary N) is 1. The molecule has 3 aromatic rings. The molecule has 3 aromatic carbocycles. The van der Waals surface area contributed by atoms with E-state index in [-0.39, 0.29) is 36.1 Å². The fourth-order valence-corrected chi connectivity index (χ4v) is 3.83. The Morgan fingerprint density at radius 2 is 1.76 bits per heavy atom. The van der Waals surface area contributed by atoms with Gasteiger partial charge in [0.25, 0.3) is 5.91 Å². The Bertz CT molecular complexity index is 1240. The molecule has 200 valence electrons. The fourth-order valence-electron chi connectivity index (χ4n) is 3.83. The highest BCUT2D eigenvalue weighted by Crippen LogP contribution is 2.30. The van der Waals surface area contributed by atoms with E-state index in [4.69, 9.17) is 9.47 Å². The third kappa shape index (κ3) is 7.76. The van der Waals surface area contributed by atoms with Gasteiger partial charge in [0, 0.05) is 31.6 Å². The molecule has 0 fully saturated rings. The highest BCUT2D eigenvalue weighted by molar-refractivity contribution is 5.88. The Morgan fingerprint density at radius 1 is 1.05 bits per heavy atom. The quantitative estimate of drug-likeness (QED) is 0.264. The van der Waals surface area contributed by atoms with Crippen LogP contribution < -0.4 is 14.8 Å². The van der Waals surface area contributed by atoms with Crippen LogP contribution in [0.5, 0.6) is 11.5 Å². The number of nitro groups is 1. The molecular weight excluding hydrogens is 493 g/mol. The highest BCUT2D eigenvalue weighted by Gasteiger charge is 2.30. The number of methoxy groups -OCH3 is 1. The topological polar surface area (TPSA) is 111 Å². The molecule has 0 aliphatic carbocycles. The molecule has 0 spiro atoms. The summed E-state index contributed by atoms with van der Waals surface area (Å²) in [5.41, 5.74) is 1.26. The first-order valence-electron chi connectivity index (χ1n) is 12.1. The average Bonchev–Trinajstić information content (AvgIpc) is 2.93. The second-order valence-electron chi connectivity index (χ2n) is 8.52. The lowest BCUT2D eigenvalue weighted by Gasteiger charge is -2.31. The van der Waals surface area contributed by atoms with E-state index in [1.165, 1.54) is 42.3 Å². The van der Waals surface area contributed by atoms with Crippen molar-refractivity contribution >= 4 is 17.5 Å². The number of carbonyl (C=O) groups excluding carboxylic acids is 2. The number of nitrogens with zero attached hydrogens (tertiary/aromatic N) is 2. The lowest BCUT2D eigenvalue weighted by Crippen LogP contribution is -2.51. The van der Waals surface area contributed by atoms with Gasteiger partial charge < -0.3 is 19.7 Å². The van der Waals surface area contributed by atoms with Crippen molar-refractivity contribution in [3.05, 3.63) is 99.9 Å². The highest BCUT2D eigenvalue weighted by atomic mass is 19.1. The molecule has 0 aliphatic rings. The summed E-state index contributed by atoms with van der Waals surface area (Å²) in [5.74, 6) is -1.03. The minimum absolute atomic E-state index is 0.0102. The van der Waals surface area contributed by atoms with Gasteiger partial charge in [-0.05, 0) is 35.7 Å². The van der Waals surface area contributed by atoms with E-state index in [2.05, 4.69) is 5.32 Å². The summed E-state index contributed by atoms with van der Waals surface area (Å²) in [6.07, 6.45) is 0.982. The number of ether oxygens (including phenoxy) is 2. The zero-order valence-corrected chi connectivity index (χ0v) is 21.3. The molecule has 0 aliphatic heterocycles. The first kappa shape index (κ1) is 28.1. The average molecular weight is 524 g/mol. The summed E-state index contributed by atoms with van der Waals surface area (Å²) >= 11 is 0. The van der Waals surface area contributed by atoms with Gasteiger partial charge in [0.15, 0.2) is 6.61 Å². The van der Waals surface area contributed by atoms with Crippen molar-refractivity contribution in [2.24, 2.45) is 0 Å². The van der Waals surface area contributed by atoms with E-state index < -0.39 is 29.3 Å². The second-order valence-corrected chi connectivity index (χ2v) is 8.52. The summed E-state index contributed by atoms with van der Waals surface area (Å²) in [4.78, 5) is 38.8. The number of rotatable bonds is 13. The van der Waals surface area contributed by atoms with Crippen LogP contribution >= 0.6 is 0 Å². The van der Waals surface area contributed by atoms with Crippen LogP contribution in [0, 0.1) is 15.9 Å². The van der Waals surface area contributed by atoms with Crippen molar-refractivity contribution in [3.8, 4) is 11.5 Å². The normalized spacial score (nSPS) is 11.3. The standard InChI is InChI=1S/C28H30FN3O6/c1-3-15-30-28(34)25(16-20-7-5-4-6-8-20)31(18-21-9-11-22(29)12-10-21)27(33)19-38-23-13-14-24(32(35)36)26(17-23)37-2/h4-14,17,25H,3,15-16,18-19H2,1-2H3,(H,30,34). The zero-order valence-electron chi connectivity index (χ0n) is 21.3. The molecule has 38 heavy (non-hydrogen) atoms. The molecule has 2 amide bonds. The predicted octanol–water partition coefficient (Wildman–Crippen LogP) is 4.29. The molecular formula is C28H30FN3O6. The molecule has 1 atom stereocenters. The molecule has 0 radical (unpaired) electrons. The molecule has 1 unspecified atom stereocenters. The first-order chi connectivity index (χ1) is 18.3. The molecule has 9 nitrogen and oxygen atoms in total. The van der Waals surface area contributed by atoms with Gasteiger partial charge in [-0.3, -0.25) is 19.7 Å². The van der Waals surface area contributed by atoms with Gasteiger partial charge in [-0.25, -0.2) is 4.39 Å². The van der Waals surface area contributed by atoms with Crippen molar-refractivity contribution in [1.29, 1.82) is 0 Å². The Hall–Kier alpha value is -4.47. The van der Waals surface area contributed by atoms with Gasteiger partial charge in [-0.2, -0.15) is 0 Å². The number of benzene rings is 3. The van der Waals surface area contributed by atoms with E-state index >= 15 is 0 Å². The third-order valence-corrected chi connectivity index (χ3v) is 5.80. The Morgan fingerprint density at radius 3 is 2.39 bits per heavy atom. The SMILES string of the molecule is CCCNC(=O)C(Cc1ccccc1)N(Cc1ccc(F)cc1)C(=O)COc1ccc([N+](=O)[O-])c(OC)c1. The number of hydrogen-bond acceptors (Lipinski definition) is 6. The molecule has 0 saturated heterocycles. The van der Waals surface area contributed by atoms with Crippen LogP contribution in [0.25, 0.3) is 0 Å². The largest absolute Gasteiger partial charge is 0.490 e. The minimum Gasteiger partial charge on any atom is -0.490 e. The van der Waals surface area contributed by atoms with Crippen LogP contribution in [0.1, 0.15) is 24.5 Å². The van der Waals surface area contributed by atoms with Crippen LogP contribution in [0.15, 0.2) is 72.8 Å². The molecule has 0 aromatic heterocycles. The molecule has 3 rings (SSSR count). The van der Waals surface area contributed by atoms with Gasteiger partial charge >= 0.3 is 5.69 Å². The number of amides is 2. The van der Waals surface area contributed by atoms with E-state index in [9.17, 15) is 24.1 Å². The second kappa shape index (κ2) is 13.7. The van der Waals surface area contributed by atoms with Gasteiger partial charge in [0.2, 0.25) is 11.7 Å². The molecule has 0 saturated carbocycles. The van der Waals surface area contributed by atoms with E-state index in [0.29, 0.717) is 12.1 Å². The summed E-state index contributed by atoms with van der Waals surface area (Å²) < 4.78 is 24.2. The predicted molar refractivity (Wildman–Crippen MR) is 139 cm³/mol. The van der Waals surface area contributed by atoms with Crippen molar-refractivity contribution < 1.29 is 28.4 Å². The van der Waals surface area contributed by atoms with Gasteiger partial charge in [-0.1, -0.05) is 49.4 Å². The number of hydrogen-bond donors (Lipinski definition) is 1. The van der Waals surface area contributed by atoms with Gasteiger partial charge in [-0.15, -0.1) is 0 Å². The Kier molecular flexibility index (Phi) is 10.2. The van der Waals surface area contributed by atoms with Crippen LogP contribution in [0.4, 0.5) is 10.1 Å². The summed E-state index contributed by atoms with van der Waals surface area (Å²) in [6.45, 7) is 1.99. The molecule has 0 bridgehead atoms. The van der Waals surface area contributed by atoms with Crippen LogP contribution in [0.2, 0.25) is 0 Å². The first-order valence-corrected chi connectivity index (χ1v) is 12.1. The Labute approximate surface area is 220 Å². The van der Waals surface area contributed by atoms with Crippen LogP contribution in [-0.4, -0.2) is 47.9 Å². The van der Waals surface area contributed by atoms with Gasteiger partial charge in [0.1, 0.15) is 17.6 Å². The van der Waals surface area contributed by atoms with Crippen molar-refractivity contribution in [2.75, 3.05) is 20.3 Å². The lowest BCUT2D eigenvalue weighted by atomic mass is 10.0. The molecule has 0 heterocycles. The maximum Gasteiger partial charge on any atom is 0.311 e. The third-order valence-electron chi connectivity index (χ3n) is 5.80.